The van der Waals surface area contributed by atoms with Crippen molar-refractivity contribution in [1.29, 1.82) is 0 Å². The molecule has 7 nitrogen and oxygen atoms in total. The van der Waals surface area contributed by atoms with E-state index in [9.17, 15) is 14.7 Å². The quantitative estimate of drug-likeness (QED) is 0.621. The van der Waals surface area contributed by atoms with Gasteiger partial charge in [0.25, 0.3) is 5.91 Å². The van der Waals surface area contributed by atoms with Gasteiger partial charge in [0.2, 0.25) is 0 Å². The van der Waals surface area contributed by atoms with Crippen LogP contribution in [0.5, 0.6) is 0 Å². The number of pyridine rings is 1. The Bertz CT molecular complexity index is 903. The number of carboxylic acids is 1. The largest absolute Gasteiger partial charge is 0.481 e. The zero-order valence-corrected chi connectivity index (χ0v) is 19.2. The number of carbonyl (C=O) groups is 2. The van der Waals surface area contributed by atoms with Crippen LogP contribution < -0.4 is 5.32 Å². The van der Waals surface area contributed by atoms with Gasteiger partial charge in [-0.1, -0.05) is 44.2 Å². The Hall–Kier alpha value is -2.93. The molecule has 1 aliphatic rings. The molecule has 2 aromatic rings. The van der Waals surface area contributed by atoms with Gasteiger partial charge < -0.3 is 15.3 Å². The van der Waals surface area contributed by atoms with Crippen molar-refractivity contribution in [1.82, 2.24) is 14.8 Å². The van der Waals surface area contributed by atoms with E-state index in [1.807, 2.05) is 30.3 Å². The van der Waals surface area contributed by atoms with Crippen molar-refractivity contribution >= 4 is 17.7 Å². The first-order chi connectivity index (χ1) is 15.3. The van der Waals surface area contributed by atoms with E-state index < -0.39 is 5.97 Å². The molecule has 32 heavy (non-hydrogen) atoms. The van der Waals surface area contributed by atoms with E-state index in [-0.39, 0.29) is 24.4 Å². The normalized spacial score (nSPS) is 19.2. The molecule has 7 heteroatoms. The molecule has 0 saturated carbocycles. The topological polar surface area (TPSA) is 85.8 Å². The molecule has 2 N–H and O–H groups in total. The van der Waals surface area contributed by atoms with Gasteiger partial charge in [0, 0.05) is 44.5 Å². The summed E-state index contributed by atoms with van der Waals surface area (Å²) in [5.41, 5.74) is 1.67. The Balaban J connectivity index is 1.76. The van der Waals surface area contributed by atoms with E-state index in [0.29, 0.717) is 36.9 Å². The third-order valence-electron chi connectivity index (χ3n) is 5.91. The van der Waals surface area contributed by atoms with Gasteiger partial charge in [-0.25, -0.2) is 4.98 Å². The maximum atomic E-state index is 13.4. The highest BCUT2D eigenvalue weighted by atomic mass is 16.4. The highest BCUT2D eigenvalue weighted by molar-refractivity contribution is 5.98. The minimum absolute atomic E-state index is 0.00646. The number of hydrogen-bond donors (Lipinski definition) is 2. The molecule has 0 radical (unpaired) electrons. The summed E-state index contributed by atoms with van der Waals surface area (Å²) in [6.07, 6.45) is 2.66. The zero-order chi connectivity index (χ0) is 23.1. The van der Waals surface area contributed by atoms with E-state index in [4.69, 9.17) is 0 Å². The lowest BCUT2D eigenvalue weighted by Gasteiger charge is -2.45. The predicted molar refractivity (Wildman–Crippen MR) is 126 cm³/mol. The molecule has 1 amide bonds. The fraction of sp³-hybridized carbons (Fsp3) is 0.480. The van der Waals surface area contributed by atoms with Crippen LogP contribution in [0.1, 0.15) is 49.5 Å². The lowest BCUT2D eigenvalue weighted by atomic mass is 10.0. The molecule has 1 aromatic carbocycles. The smallest absolute Gasteiger partial charge is 0.305 e. The summed E-state index contributed by atoms with van der Waals surface area (Å²) < 4.78 is 0. The standard InChI is InChI=1S/C25H34N4O3/c1-18(2)11-13-27-24-22(10-7-12-26-24)25(32)28-15-19(3)29(21(17-28)14-23(30)31)16-20-8-5-4-6-9-20/h4-10,12,18-19,21H,11,13-17H2,1-3H3,(H,26,27)(H,30,31)/t19-,21+/m0/s1. The van der Waals surface area contributed by atoms with Crippen LogP contribution in [-0.4, -0.2) is 63.5 Å². The van der Waals surface area contributed by atoms with Crippen LogP contribution in [0.15, 0.2) is 48.7 Å². The molecule has 0 aliphatic carbocycles. The molecule has 1 aliphatic heterocycles. The van der Waals surface area contributed by atoms with Gasteiger partial charge in [-0.15, -0.1) is 0 Å². The number of benzene rings is 1. The molecule has 1 aromatic heterocycles. The van der Waals surface area contributed by atoms with Gasteiger partial charge in [0.05, 0.1) is 12.0 Å². The summed E-state index contributed by atoms with van der Waals surface area (Å²) in [5.74, 6) is 0.187. The van der Waals surface area contributed by atoms with Crippen molar-refractivity contribution in [3.8, 4) is 0 Å². The average molecular weight is 439 g/mol. The summed E-state index contributed by atoms with van der Waals surface area (Å²) in [4.78, 5) is 33.4. The maximum Gasteiger partial charge on any atom is 0.305 e. The predicted octanol–water partition coefficient (Wildman–Crippen LogP) is 3.73. The van der Waals surface area contributed by atoms with Crippen LogP contribution in [0.3, 0.4) is 0 Å². The summed E-state index contributed by atoms with van der Waals surface area (Å²) in [7, 11) is 0. The number of aliphatic carboxylic acids is 1. The molecule has 172 valence electrons. The van der Waals surface area contributed by atoms with Gasteiger partial charge in [-0.2, -0.15) is 0 Å². The number of aromatic nitrogens is 1. The van der Waals surface area contributed by atoms with E-state index >= 15 is 0 Å². The number of carbonyl (C=O) groups excluding carboxylic acids is 1. The maximum absolute atomic E-state index is 13.4. The first kappa shape index (κ1) is 23.7. The second-order valence-electron chi connectivity index (χ2n) is 8.98. The van der Waals surface area contributed by atoms with Crippen LogP contribution >= 0.6 is 0 Å². The monoisotopic (exact) mass is 438 g/mol. The number of nitrogens with zero attached hydrogens (tertiary/aromatic N) is 3. The van der Waals surface area contributed by atoms with Gasteiger partial charge >= 0.3 is 5.97 Å². The van der Waals surface area contributed by atoms with E-state index in [0.717, 1.165) is 18.5 Å². The van der Waals surface area contributed by atoms with E-state index in [2.05, 4.69) is 36.0 Å². The molecular formula is C25H34N4O3. The molecule has 1 saturated heterocycles. The Morgan fingerprint density at radius 2 is 1.91 bits per heavy atom. The second-order valence-corrected chi connectivity index (χ2v) is 8.98. The summed E-state index contributed by atoms with van der Waals surface area (Å²) in [6.45, 7) is 8.71. The zero-order valence-electron chi connectivity index (χ0n) is 19.2. The number of carboxylic acid groups (broad SMARTS) is 1. The van der Waals surface area contributed by atoms with Crippen molar-refractivity contribution in [3.05, 3.63) is 59.8 Å². The molecule has 3 rings (SSSR count). The Morgan fingerprint density at radius 1 is 1.16 bits per heavy atom. The van der Waals surface area contributed by atoms with Crippen molar-refractivity contribution in [2.24, 2.45) is 5.92 Å². The number of nitrogens with one attached hydrogen (secondary N) is 1. The second kappa shape index (κ2) is 11.1. The molecule has 0 unspecified atom stereocenters. The molecule has 2 heterocycles. The van der Waals surface area contributed by atoms with Gasteiger partial charge in [0.1, 0.15) is 5.82 Å². The number of hydrogen-bond acceptors (Lipinski definition) is 5. The van der Waals surface area contributed by atoms with Crippen molar-refractivity contribution < 1.29 is 14.7 Å². The van der Waals surface area contributed by atoms with Crippen LogP contribution in [0.2, 0.25) is 0 Å². The fourth-order valence-corrected chi connectivity index (χ4v) is 4.21. The molecule has 2 atom stereocenters. The minimum Gasteiger partial charge on any atom is -0.481 e. The lowest BCUT2D eigenvalue weighted by molar-refractivity contribution is -0.139. The summed E-state index contributed by atoms with van der Waals surface area (Å²) >= 11 is 0. The fourth-order valence-electron chi connectivity index (χ4n) is 4.21. The highest BCUT2D eigenvalue weighted by Crippen LogP contribution is 2.24. The van der Waals surface area contributed by atoms with Crippen LogP contribution in [-0.2, 0) is 11.3 Å². The number of rotatable bonds is 9. The Labute approximate surface area is 190 Å². The molecule has 1 fully saturated rings. The third-order valence-corrected chi connectivity index (χ3v) is 5.91. The number of amides is 1. The van der Waals surface area contributed by atoms with Crippen molar-refractivity contribution in [2.45, 2.75) is 52.2 Å². The molecular weight excluding hydrogens is 404 g/mol. The minimum atomic E-state index is -0.855. The van der Waals surface area contributed by atoms with Crippen LogP contribution in [0.25, 0.3) is 0 Å². The van der Waals surface area contributed by atoms with E-state index in [1.165, 1.54) is 0 Å². The lowest BCUT2D eigenvalue weighted by Crippen LogP contribution is -2.59. The number of piperazine rings is 1. The highest BCUT2D eigenvalue weighted by Gasteiger charge is 2.36. The van der Waals surface area contributed by atoms with Crippen LogP contribution in [0, 0.1) is 5.92 Å². The van der Waals surface area contributed by atoms with Crippen molar-refractivity contribution in [2.75, 3.05) is 25.0 Å². The average Bonchev–Trinajstić information content (AvgIpc) is 2.76. The molecule has 0 spiro atoms. The van der Waals surface area contributed by atoms with E-state index in [1.54, 1.807) is 23.2 Å². The molecule has 0 bridgehead atoms. The van der Waals surface area contributed by atoms with Crippen LogP contribution in [0.4, 0.5) is 5.82 Å². The van der Waals surface area contributed by atoms with Gasteiger partial charge in [-0.05, 0) is 37.0 Å². The van der Waals surface area contributed by atoms with Crippen molar-refractivity contribution in [3.63, 3.8) is 0 Å². The first-order valence-corrected chi connectivity index (χ1v) is 11.3. The number of anilines is 1. The Morgan fingerprint density at radius 3 is 2.59 bits per heavy atom. The first-order valence-electron chi connectivity index (χ1n) is 11.3. The SMILES string of the molecule is CC(C)CCNc1ncccc1C(=O)N1C[C@@H](CC(=O)O)N(Cc2ccccc2)[C@@H](C)C1. The summed E-state index contributed by atoms with van der Waals surface area (Å²) in [5, 5.41) is 12.8. The Kier molecular flexibility index (Phi) is 8.22. The third kappa shape index (κ3) is 6.29. The van der Waals surface area contributed by atoms with Gasteiger partial charge in [0.15, 0.2) is 0 Å². The summed E-state index contributed by atoms with van der Waals surface area (Å²) in [6, 6.07) is 13.4. The van der Waals surface area contributed by atoms with Gasteiger partial charge in [-0.3, -0.25) is 14.5 Å².